The number of carbonyl (C=O) groups is 1. The van der Waals surface area contributed by atoms with Crippen molar-refractivity contribution in [1.82, 2.24) is 19.8 Å². The van der Waals surface area contributed by atoms with Crippen molar-refractivity contribution in [2.24, 2.45) is 0 Å². The lowest BCUT2D eigenvalue weighted by Crippen LogP contribution is -2.53. The lowest BCUT2D eigenvalue weighted by molar-refractivity contribution is -0.126. The van der Waals surface area contributed by atoms with Crippen molar-refractivity contribution in [2.45, 2.75) is 43.9 Å². The van der Waals surface area contributed by atoms with Crippen LogP contribution in [0, 0.1) is 11.6 Å². The van der Waals surface area contributed by atoms with Crippen LogP contribution in [0.25, 0.3) is 32.8 Å². The maximum Gasteiger partial charge on any atom is 0.319 e. The first-order valence-corrected chi connectivity index (χ1v) is 15.6. The highest BCUT2D eigenvalue weighted by atomic mass is 35.5. The van der Waals surface area contributed by atoms with E-state index in [0.717, 1.165) is 24.8 Å². The average molecular weight is 636 g/mol. The maximum atomic E-state index is 16.8. The lowest BCUT2D eigenvalue weighted by Gasteiger charge is -2.40. The summed E-state index contributed by atoms with van der Waals surface area (Å²) in [7, 11) is 0. The zero-order valence-corrected chi connectivity index (χ0v) is 25.7. The van der Waals surface area contributed by atoms with Crippen molar-refractivity contribution in [3.05, 3.63) is 71.8 Å². The molecule has 4 heterocycles. The molecule has 0 aliphatic carbocycles. The Balaban J connectivity index is 1.36. The Morgan fingerprint density at radius 1 is 1.16 bits per heavy atom. The van der Waals surface area contributed by atoms with E-state index in [4.69, 9.17) is 21.3 Å². The van der Waals surface area contributed by atoms with Crippen LogP contribution in [0.4, 0.5) is 19.0 Å². The second-order valence-corrected chi connectivity index (χ2v) is 12.7. The number of rotatable bonds is 6. The van der Waals surface area contributed by atoms with Gasteiger partial charge in [-0.15, -0.1) is 0 Å². The number of hydrogen-bond donors (Lipinski definition) is 0. The third-order valence-corrected chi connectivity index (χ3v) is 9.90. The van der Waals surface area contributed by atoms with Gasteiger partial charge in [-0.2, -0.15) is 9.97 Å². The number of piperazine rings is 1. The van der Waals surface area contributed by atoms with E-state index < -0.39 is 23.3 Å². The molecule has 0 saturated carbocycles. The van der Waals surface area contributed by atoms with Gasteiger partial charge in [0, 0.05) is 54.4 Å². The number of ether oxygens (including phenoxy) is 1. The predicted molar refractivity (Wildman–Crippen MR) is 170 cm³/mol. The largest absolute Gasteiger partial charge is 0.461 e. The number of carbonyl (C=O) groups excluding carboxylic acids is 1. The molecule has 0 N–H and O–H groups in total. The highest BCUT2D eigenvalue weighted by Gasteiger charge is 2.49. The van der Waals surface area contributed by atoms with E-state index in [1.54, 1.807) is 29.2 Å². The molecule has 1 amide bonds. The molecule has 0 radical (unpaired) electrons. The van der Waals surface area contributed by atoms with Crippen molar-refractivity contribution >= 4 is 45.0 Å². The molecule has 234 valence electrons. The summed E-state index contributed by atoms with van der Waals surface area (Å²) in [5, 5.41) is 1.84. The Hall–Kier alpha value is -3.89. The van der Waals surface area contributed by atoms with Crippen LogP contribution in [0.1, 0.15) is 26.2 Å². The summed E-state index contributed by atoms with van der Waals surface area (Å²) in [5.41, 5.74) is -0.498. The second kappa shape index (κ2) is 11.5. The monoisotopic (exact) mass is 635 g/mol. The molecule has 0 spiro atoms. The van der Waals surface area contributed by atoms with Gasteiger partial charge in [0.15, 0.2) is 5.82 Å². The molecule has 0 bridgehead atoms. The van der Waals surface area contributed by atoms with E-state index in [1.165, 1.54) is 12.1 Å². The van der Waals surface area contributed by atoms with Crippen LogP contribution < -0.4 is 9.64 Å². The van der Waals surface area contributed by atoms with Crippen LogP contribution in [0.3, 0.4) is 0 Å². The molecule has 3 atom stereocenters. The Morgan fingerprint density at radius 2 is 1.96 bits per heavy atom. The third kappa shape index (κ3) is 5.08. The van der Waals surface area contributed by atoms with Gasteiger partial charge < -0.3 is 14.5 Å². The smallest absolute Gasteiger partial charge is 0.319 e. The molecule has 1 aromatic heterocycles. The first kappa shape index (κ1) is 29.8. The Bertz CT molecular complexity index is 1830. The minimum atomic E-state index is -0.937. The van der Waals surface area contributed by atoms with E-state index in [2.05, 4.69) is 16.5 Å². The van der Waals surface area contributed by atoms with E-state index in [0.29, 0.717) is 54.4 Å². The van der Waals surface area contributed by atoms with Gasteiger partial charge in [-0.3, -0.25) is 9.69 Å². The molecule has 3 aliphatic rings. The molecule has 45 heavy (non-hydrogen) atoms. The number of anilines is 1. The number of nitrogens with zero attached hydrogens (tertiary/aromatic N) is 5. The molecule has 7 rings (SSSR count). The van der Waals surface area contributed by atoms with E-state index in [1.807, 2.05) is 24.0 Å². The topological polar surface area (TPSA) is 61.8 Å². The summed E-state index contributed by atoms with van der Waals surface area (Å²) < 4.78 is 53.5. The fraction of sp³-hybridized carbons (Fsp3) is 0.382. The number of amides is 1. The molecule has 3 fully saturated rings. The molecular weight excluding hydrogens is 603 g/mol. The molecule has 3 aromatic carbocycles. The van der Waals surface area contributed by atoms with Gasteiger partial charge >= 0.3 is 6.01 Å². The number of hydrogen-bond acceptors (Lipinski definition) is 6. The summed E-state index contributed by atoms with van der Waals surface area (Å²) in [5.74, 6) is -1.51. The molecule has 7 nitrogen and oxygen atoms in total. The highest BCUT2D eigenvalue weighted by Crippen LogP contribution is 2.42. The van der Waals surface area contributed by atoms with Crippen LogP contribution in [-0.2, 0) is 4.79 Å². The Kier molecular flexibility index (Phi) is 7.60. The predicted octanol–water partition coefficient (Wildman–Crippen LogP) is 6.56. The molecule has 4 aromatic rings. The zero-order chi connectivity index (χ0) is 31.5. The van der Waals surface area contributed by atoms with Crippen molar-refractivity contribution in [1.29, 1.82) is 0 Å². The van der Waals surface area contributed by atoms with Gasteiger partial charge in [-0.1, -0.05) is 48.5 Å². The fourth-order valence-electron chi connectivity index (χ4n) is 7.44. The highest BCUT2D eigenvalue weighted by molar-refractivity contribution is 6.36. The molecule has 1 unspecified atom stereocenters. The third-order valence-electron chi connectivity index (χ3n) is 9.58. The first-order chi connectivity index (χ1) is 21.7. The van der Waals surface area contributed by atoms with Gasteiger partial charge in [0.05, 0.1) is 11.1 Å². The Morgan fingerprint density at radius 3 is 2.73 bits per heavy atom. The minimum Gasteiger partial charge on any atom is -0.461 e. The molecule has 11 heteroatoms. The molecular formula is C34H33ClF3N5O2. The summed E-state index contributed by atoms with van der Waals surface area (Å²) in [6.45, 7) is 7.95. The van der Waals surface area contributed by atoms with Gasteiger partial charge in [-0.25, -0.2) is 13.2 Å². The van der Waals surface area contributed by atoms with Crippen LogP contribution in [0.15, 0.2) is 55.1 Å². The second-order valence-electron chi connectivity index (χ2n) is 12.3. The van der Waals surface area contributed by atoms with Crippen molar-refractivity contribution in [2.75, 3.05) is 44.2 Å². The normalized spacial score (nSPS) is 23.6. The number of benzene rings is 3. The van der Waals surface area contributed by atoms with Gasteiger partial charge in [0.25, 0.3) is 0 Å². The fourth-order valence-corrected chi connectivity index (χ4v) is 7.73. The standard InChI is InChI=1S/C34H33ClF3N5O2/c1-3-27(44)41-13-14-43(20(2)17-41)32-24-15-26(37)29(23-9-4-7-21-8-5-10-25(35)28(21)23)30(38)31(24)39-33(40-32)45-19-34-11-6-12-42(34)18-22(36)16-34/h3-5,7-10,15,20,22H,1,6,11-14,16-19H2,2H3/t20-,22+,34?/m0/s1. The van der Waals surface area contributed by atoms with Crippen molar-refractivity contribution in [3.8, 4) is 17.1 Å². The van der Waals surface area contributed by atoms with Crippen LogP contribution in [0.2, 0.25) is 5.02 Å². The molecule has 3 aliphatic heterocycles. The van der Waals surface area contributed by atoms with Crippen LogP contribution in [-0.4, -0.2) is 82.8 Å². The zero-order valence-electron chi connectivity index (χ0n) is 24.9. The summed E-state index contributed by atoms with van der Waals surface area (Å²) in [4.78, 5) is 27.3. The number of aromatic nitrogens is 2. The van der Waals surface area contributed by atoms with E-state index in [9.17, 15) is 9.18 Å². The van der Waals surface area contributed by atoms with Crippen molar-refractivity contribution < 1.29 is 22.7 Å². The number of fused-ring (bicyclic) bond motifs is 3. The van der Waals surface area contributed by atoms with Crippen LogP contribution >= 0.6 is 11.6 Å². The van der Waals surface area contributed by atoms with E-state index in [-0.39, 0.29) is 41.0 Å². The van der Waals surface area contributed by atoms with E-state index >= 15 is 8.78 Å². The SMILES string of the molecule is C=CC(=O)N1CCN(c2nc(OCC34CCCN3C[C@H](F)C4)nc3c(F)c(-c4cccc5cccc(Cl)c45)c(F)cc23)[C@@H](C)C1. The maximum absolute atomic E-state index is 16.8. The van der Waals surface area contributed by atoms with Crippen LogP contribution in [0.5, 0.6) is 6.01 Å². The minimum absolute atomic E-state index is 0.0646. The molecule has 3 saturated heterocycles. The van der Waals surface area contributed by atoms with Crippen molar-refractivity contribution in [3.63, 3.8) is 0 Å². The number of halogens is 4. The Labute approximate surface area is 264 Å². The van der Waals surface area contributed by atoms with Gasteiger partial charge in [0.1, 0.15) is 29.9 Å². The summed E-state index contributed by atoms with van der Waals surface area (Å²) >= 11 is 6.54. The summed E-state index contributed by atoms with van der Waals surface area (Å²) in [6.07, 6.45) is 2.42. The summed E-state index contributed by atoms with van der Waals surface area (Å²) in [6, 6.07) is 11.5. The van der Waals surface area contributed by atoms with Gasteiger partial charge in [0.2, 0.25) is 5.91 Å². The first-order valence-electron chi connectivity index (χ1n) is 15.3. The van der Waals surface area contributed by atoms with Gasteiger partial charge in [-0.05, 0) is 55.5 Å². The quantitative estimate of drug-likeness (QED) is 0.224. The lowest BCUT2D eigenvalue weighted by atomic mass is 9.95. The average Bonchev–Trinajstić information content (AvgIpc) is 3.55. The number of alkyl halides is 1.